The Morgan fingerprint density at radius 2 is 2.20 bits per heavy atom. The van der Waals surface area contributed by atoms with Crippen LogP contribution in [0.2, 0.25) is 0 Å². The highest BCUT2D eigenvalue weighted by molar-refractivity contribution is 7.10. The molecule has 0 saturated heterocycles. The maximum Gasteiger partial charge on any atom is 0.150 e. The van der Waals surface area contributed by atoms with Crippen LogP contribution in [0.25, 0.3) is 0 Å². The predicted molar refractivity (Wildman–Crippen MR) is 65.3 cm³/mol. The van der Waals surface area contributed by atoms with Crippen LogP contribution in [0.3, 0.4) is 0 Å². The first kappa shape index (κ1) is 11.9. The molecule has 0 amide bonds. The van der Waals surface area contributed by atoms with Gasteiger partial charge in [-0.15, -0.1) is 0 Å². The summed E-state index contributed by atoms with van der Waals surface area (Å²) in [5.41, 5.74) is 2.95. The maximum atomic E-state index is 10.6. The van der Waals surface area contributed by atoms with E-state index in [1.54, 1.807) is 6.07 Å². The van der Waals surface area contributed by atoms with E-state index in [1.807, 2.05) is 26.0 Å². The summed E-state index contributed by atoms with van der Waals surface area (Å²) in [5.74, 6) is 0.795. The summed E-state index contributed by atoms with van der Waals surface area (Å²) < 4.78 is 5.15. The maximum absolute atomic E-state index is 10.6. The topological polar surface area (TPSA) is 26.3 Å². The minimum Gasteiger partial charge on any atom is -0.480 e. The van der Waals surface area contributed by atoms with E-state index >= 15 is 0 Å². The molecule has 1 aromatic carbocycles. The molecule has 1 unspecified atom stereocenters. The highest BCUT2D eigenvalue weighted by atomic mass is 31.0. The Kier molecular flexibility index (Phi) is 4.51. The van der Waals surface area contributed by atoms with Crippen molar-refractivity contribution in [1.82, 2.24) is 0 Å². The summed E-state index contributed by atoms with van der Waals surface area (Å²) in [4.78, 5) is 10.6. The lowest BCUT2D eigenvalue weighted by Gasteiger charge is -2.06. The van der Waals surface area contributed by atoms with Crippen LogP contribution in [-0.4, -0.2) is 6.29 Å². The van der Waals surface area contributed by atoms with Gasteiger partial charge in [0.1, 0.15) is 12.0 Å². The van der Waals surface area contributed by atoms with Crippen LogP contribution in [0, 0.1) is 0 Å². The molecule has 0 N–H and O–H groups in total. The summed E-state index contributed by atoms with van der Waals surface area (Å²) >= 11 is 0. The van der Waals surface area contributed by atoms with Crippen molar-refractivity contribution >= 4 is 15.8 Å². The van der Waals surface area contributed by atoms with Crippen LogP contribution in [0.15, 0.2) is 29.8 Å². The summed E-state index contributed by atoms with van der Waals surface area (Å²) in [5, 5.41) is 0. The van der Waals surface area contributed by atoms with Crippen LogP contribution in [0.5, 0.6) is 5.75 Å². The number of aldehydes is 1. The predicted octanol–water partition coefficient (Wildman–Crippen LogP) is 3.18. The monoisotopic (exact) mass is 222 g/mol. The van der Waals surface area contributed by atoms with Crippen molar-refractivity contribution in [3.05, 3.63) is 41.0 Å². The molecule has 1 rings (SSSR count). The first-order valence-corrected chi connectivity index (χ1v) is 5.22. The molecule has 3 heteroatoms. The molecule has 0 aliphatic heterocycles. The number of allylic oxidation sites excluding steroid dienone is 2. The minimum atomic E-state index is 0.679. The fraction of sp³-hybridized carbons (Fsp3) is 0.250. The average Bonchev–Trinajstić information content (AvgIpc) is 2.25. The molecule has 0 radical (unpaired) electrons. The molecule has 15 heavy (non-hydrogen) atoms. The number of rotatable bonds is 4. The molecule has 0 spiro atoms. The van der Waals surface area contributed by atoms with Gasteiger partial charge in [0, 0.05) is 5.56 Å². The fourth-order valence-corrected chi connectivity index (χ4v) is 1.49. The standard InChI is InChI=1S/C12H15O2P/c1-9(2)3-5-11-7-10(8-13)4-6-12(11)14-15/h3-4,6-8H,5,15H2,1-2H3. The van der Waals surface area contributed by atoms with Crippen LogP contribution in [0.4, 0.5) is 0 Å². The second-order valence-electron chi connectivity index (χ2n) is 3.59. The van der Waals surface area contributed by atoms with E-state index in [2.05, 4.69) is 15.5 Å². The van der Waals surface area contributed by atoms with Gasteiger partial charge in [0.05, 0.1) is 9.47 Å². The lowest BCUT2D eigenvalue weighted by atomic mass is 10.1. The number of carbonyl (C=O) groups is 1. The van der Waals surface area contributed by atoms with Crippen molar-refractivity contribution in [1.29, 1.82) is 0 Å². The lowest BCUT2D eigenvalue weighted by Crippen LogP contribution is -1.90. The second-order valence-corrected chi connectivity index (χ2v) is 3.82. The van der Waals surface area contributed by atoms with E-state index in [0.29, 0.717) is 5.56 Å². The molecule has 0 aliphatic carbocycles. The van der Waals surface area contributed by atoms with Gasteiger partial charge in [-0.25, -0.2) is 0 Å². The molecule has 1 atom stereocenters. The molecule has 0 bridgehead atoms. The van der Waals surface area contributed by atoms with Gasteiger partial charge in [0.25, 0.3) is 0 Å². The number of carbonyl (C=O) groups excluding carboxylic acids is 1. The fourth-order valence-electron chi connectivity index (χ4n) is 1.26. The van der Waals surface area contributed by atoms with Crippen molar-refractivity contribution in [2.75, 3.05) is 0 Å². The second kappa shape index (κ2) is 5.67. The van der Waals surface area contributed by atoms with Gasteiger partial charge in [-0.3, -0.25) is 4.79 Å². The third kappa shape index (κ3) is 3.49. The van der Waals surface area contributed by atoms with Gasteiger partial charge < -0.3 is 4.52 Å². The summed E-state index contributed by atoms with van der Waals surface area (Å²) in [6, 6.07) is 5.41. The summed E-state index contributed by atoms with van der Waals surface area (Å²) in [6.45, 7) is 4.09. The molecule has 0 heterocycles. The third-order valence-electron chi connectivity index (χ3n) is 2.08. The van der Waals surface area contributed by atoms with Crippen molar-refractivity contribution in [2.45, 2.75) is 20.3 Å². The van der Waals surface area contributed by atoms with Crippen LogP contribution >= 0.6 is 9.47 Å². The molecule has 2 nitrogen and oxygen atoms in total. The van der Waals surface area contributed by atoms with E-state index in [-0.39, 0.29) is 0 Å². The van der Waals surface area contributed by atoms with Crippen LogP contribution < -0.4 is 4.52 Å². The average molecular weight is 222 g/mol. The van der Waals surface area contributed by atoms with Gasteiger partial charge >= 0.3 is 0 Å². The Hall–Kier alpha value is -1.14. The molecule has 0 aliphatic rings. The lowest BCUT2D eigenvalue weighted by molar-refractivity contribution is 0.112. The highest BCUT2D eigenvalue weighted by Crippen LogP contribution is 2.22. The number of hydrogen-bond acceptors (Lipinski definition) is 2. The molecular weight excluding hydrogens is 207 g/mol. The number of hydrogen-bond donors (Lipinski definition) is 0. The van der Waals surface area contributed by atoms with Crippen LogP contribution in [0.1, 0.15) is 29.8 Å². The number of benzene rings is 1. The van der Waals surface area contributed by atoms with Gasteiger partial charge in [-0.1, -0.05) is 11.6 Å². The summed E-state index contributed by atoms with van der Waals surface area (Å²) in [6.07, 6.45) is 3.74. The quantitative estimate of drug-likeness (QED) is 0.444. The van der Waals surface area contributed by atoms with Gasteiger partial charge in [0.15, 0.2) is 0 Å². The molecule has 80 valence electrons. The summed E-state index contributed by atoms with van der Waals surface area (Å²) in [7, 11) is 2.22. The minimum absolute atomic E-state index is 0.679. The van der Waals surface area contributed by atoms with E-state index in [4.69, 9.17) is 4.52 Å². The molecule has 0 aromatic heterocycles. The van der Waals surface area contributed by atoms with E-state index in [0.717, 1.165) is 24.0 Å². The zero-order valence-corrected chi connectivity index (χ0v) is 10.1. The van der Waals surface area contributed by atoms with E-state index < -0.39 is 0 Å². The Bertz CT molecular complexity index is 379. The Labute approximate surface area is 92.6 Å². The largest absolute Gasteiger partial charge is 0.480 e. The van der Waals surface area contributed by atoms with Crippen molar-refractivity contribution in [3.8, 4) is 5.75 Å². The third-order valence-corrected chi connectivity index (χ3v) is 2.33. The first-order valence-electron chi connectivity index (χ1n) is 4.75. The van der Waals surface area contributed by atoms with Crippen molar-refractivity contribution in [3.63, 3.8) is 0 Å². The molecular formula is C12H15O2P. The van der Waals surface area contributed by atoms with E-state index in [1.165, 1.54) is 5.57 Å². The molecule has 1 aromatic rings. The Morgan fingerprint density at radius 3 is 2.73 bits per heavy atom. The van der Waals surface area contributed by atoms with Crippen molar-refractivity contribution < 1.29 is 9.32 Å². The van der Waals surface area contributed by atoms with Crippen LogP contribution in [-0.2, 0) is 6.42 Å². The Morgan fingerprint density at radius 1 is 1.47 bits per heavy atom. The first-order chi connectivity index (χ1) is 7.17. The van der Waals surface area contributed by atoms with Gasteiger partial charge in [-0.2, -0.15) is 0 Å². The Balaban J connectivity index is 3.01. The zero-order chi connectivity index (χ0) is 11.3. The van der Waals surface area contributed by atoms with Gasteiger partial charge in [0.2, 0.25) is 0 Å². The zero-order valence-electron chi connectivity index (χ0n) is 8.99. The highest BCUT2D eigenvalue weighted by Gasteiger charge is 2.02. The molecule has 0 saturated carbocycles. The molecule has 0 fully saturated rings. The smallest absolute Gasteiger partial charge is 0.150 e. The normalized spacial score (nSPS) is 9.53. The van der Waals surface area contributed by atoms with E-state index in [9.17, 15) is 4.79 Å². The SMILES string of the molecule is CC(C)=CCc1cc(C=O)ccc1OP. The van der Waals surface area contributed by atoms with Crippen molar-refractivity contribution in [2.24, 2.45) is 0 Å². The van der Waals surface area contributed by atoms with Gasteiger partial charge in [-0.05, 0) is 44.0 Å².